The molecule has 0 fully saturated rings. The van der Waals surface area contributed by atoms with Gasteiger partial charge in [-0.25, -0.2) is 0 Å². The molecule has 0 spiro atoms. The van der Waals surface area contributed by atoms with Gasteiger partial charge in [-0.05, 0) is 19.1 Å². The predicted molar refractivity (Wildman–Crippen MR) is 87.0 cm³/mol. The van der Waals surface area contributed by atoms with E-state index in [1.165, 1.54) is 10.6 Å². The largest absolute Gasteiger partial charge is 0.347 e. The molecule has 1 aliphatic rings. The highest BCUT2D eigenvalue weighted by Gasteiger charge is 2.26. The van der Waals surface area contributed by atoms with E-state index in [1.54, 1.807) is 0 Å². The van der Waals surface area contributed by atoms with Gasteiger partial charge in [0.1, 0.15) is 0 Å². The molecule has 7 heteroatoms. The van der Waals surface area contributed by atoms with Gasteiger partial charge in [0, 0.05) is 25.3 Å². The van der Waals surface area contributed by atoms with Crippen LogP contribution in [0.1, 0.15) is 16.1 Å². The summed E-state index contributed by atoms with van der Waals surface area (Å²) in [5.74, 6) is -0.0781. The maximum atomic E-state index is 12.4. The highest BCUT2D eigenvalue weighted by atomic mass is 16.2. The Balaban J connectivity index is 1.94. The summed E-state index contributed by atoms with van der Waals surface area (Å²) in [7, 11) is 0. The minimum Gasteiger partial charge on any atom is -0.347 e. The maximum Gasteiger partial charge on any atom is 0.286 e. The van der Waals surface area contributed by atoms with Crippen LogP contribution in [0.2, 0.25) is 0 Å². The zero-order valence-electron chi connectivity index (χ0n) is 12.8. The minimum atomic E-state index is -0.536. The van der Waals surface area contributed by atoms with Crippen molar-refractivity contribution in [2.75, 3.05) is 18.0 Å². The number of aryl methyl sites for hydroxylation is 1. The fourth-order valence-corrected chi connectivity index (χ4v) is 2.47. The van der Waals surface area contributed by atoms with Gasteiger partial charge in [-0.3, -0.25) is 14.2 Å². The van der Waals surface area contributed by atoms with E-state index in [4.69, 9.17) is 0 Å². The summed E-state index contributed by atoms with van der Waals surface area (Å²) in [5.41, 5.74) is 1.48. The van der Waals surface area contributed by atoms with Crippen LogP contribution in [0.4, 0.5) is 11.6 Å². The molecule has 2 aromatic rings. The number of aromatic nitrogens is 3. The summed E-state index contributed by atoms with van der Waals surface area (Å²) in [5, 5.41) is 10.4. The molecule has 0 radical (unpaired) electrons. The summed E-state index contributed by atoms with van der Waals surface area (Å²) in [6, 6.07) is 7.95. The molecule has 1 aromatic carbocycles. The number of nitrogens with zero attached hydrogens (tertiary/aromatic N) is 4. The van der Waals surface area contributed by atoms with Crippen LogP contribution >= 0.6 is 0 Å². The number of amides is 1. The van der Waals surface area contributed by atoms with Crippen LogP contribution in [0.3, 0.4) is 0 Å². The Kier molecular flexibility index (Phi) is 3.92. The molecule has 0 atom stereocenters. The molecule has 23 heavy (non-hydrogen) atoms. The lowest BCUT2D eigenvalue weighted by Gasteiger charge is -2.16. The van der Waals surface area contributed by atoms with Crippen LogP contribution in [0, 0.1) is 6.92 Å². The zero-order chi connectivity index (χ0) is 16.4. The molecule has 1 aromatic heterocycles. The molecule has 1 amide bonds. The normalized spacial score (nSPS) is 12.8. The van der Waals surface area contributed by atoms with Crippen molar-refractivity contribution in [3.63, 3.8) is 0 Å². The van der Waals surface area contributed by atoms with Gasteiger partial charge in [-0.15, -0.1) is 16.8 Å². The standard InChI is InChI=1S/C16H17N5O2/c1-3-8-17-14(22)13-15(23)21-10-9-20(16(21)19-18-13)12-6-4-11(2)5-7-12/h3-7H,1,8-10H2,2H3,(H,17,22). The summed E-state index contributed by atoms with van der Waals surface area (Å²) in [6.07, 6.45) is 1.54. The average molecular weight is 311 g/mol. The molecule has 0 aliphatic carbocycles. The molecule has 2 heterocycles. The van der Waals surface area contributed by atoms with Crippen LogP contribution in [0.25, 0.3) is 0 Å². The van der Waals surface area contributed by atoms with Crippen molar-refractivity contribution in [3.8, 4) is 0 Å². The van der Waals surface area contributed by atoms with Crippen LogP contribution in [-0.4, -0.2) is 33.8 Å². The number of benzene rings is 1. The van der Waals surface area contributed by atoms with Crippen molar-refractivity contribution in [2.45, 2.75) is 13.5 Å². The molecule has 118 valence electrons. The van der Waals surface area contributed by atoms with Crippen molar-refractivity contribution in [3.05, 3.63) is 58.5 Å². The molecule has 1 aliphatic heterocycles. The van der Waals surface area contributed by atoms with E-state index in [2.05, 4.69) is 22.1 Å². The lowest BCUT2D eigenvalue weighted by atomic mass is 10.2. The number of hydrogen-bond donors (Lipinski definition) is 1. The second-order valence-corrected chi connectivity index (χ2v) is 5.29. The Morgan fingerprint density at radius 2 is 2.04 bits per heavy atom. The first-order valence-corrected chi connectivity index (χ1v) is 7.32. The average Bonchev–Trinajstić information content (AvgIpc) is 2.98. The van der Waals surface area contributed by atoms with Crippen LogP contribution in [-0.2, 0) is 6.54 Å². The third-order valence-electron chi connectivity index (χ3n) is 3.68. The molecule has 0 saturated heterocycles. The van der Waals surface area contributed by atoms with Crippen LogP contribution < -0.4 is 15.8 Å². The van der Waals surface area contributed by atoms with E-state index in [0.29, 0.717) is 19.0 Å². The third kappa shape index (κ3) is 2.73. The lowest BCUT2D eigenvalue weighted by Crippen LogP contribution is -2.35. The minimum absolute atomic E-state index is 0.193. The van der Waals surface area contributed by atoms with Crippen molar-refractivity contribution < 1.29 is 4.79 Å². The van der Waals surface area contributed by atoms with Crippen LogP contribution in [0.5, 0.6) is 0 Å². The van der Waals surface area contributed by atoms with Gasteiger partial charge < -0.3 is 10.2 Å². The SMILES string of the molecule is C=CCNC(=O)c1nnc2n(c1=O)CCN2c1ccc(C)cc1. The van der Waals surface area contributed by atoms with E-state index in [0.717, 1.165) is 11.3 Å². The molecule has 3 rings (SSSR count). The van der Waals surface area contributed by atoms with E-state index in [9.17, 15) is 9.59 Å². The van der Waals surface area contributed by atoms with Gasteiger partial charge in [0.25, 0.3) is 11.5 Å². The van der Waals surface area contributed by atoms with E-state index >= 15 is 0 Å². The number of anilines is 2. The smallest absolute Gasteiger partial charge is 0.286 e. The topological polar surface area (TPSA) is 80.1 Å². The Hall–Kier alpha value is -2.96. The second-order valence-electron chi connectivity index (χ2n) is 5.29. The summed E-state index contributed by atoms with van der Waals surface area (Å²) >= 11 is 0. The molecular formula is C16H17N5O2. The van der Waals surface area contributed by atoms with Gasteiger partial charge in [0.15, 0.2) is 0 Å². The number of hydrogen-bond acceptors (Lipinski definition) is 5. The first kappa shape index (κ1) is 15.0. The molecule has 0 unspecified atom stereocenters. The van der Waals surface area contributed by atoms with E-state index in [1.807, 2.05) is 36.1 Å². The first-order valence-electron chi connectivity index (χ1n) is 7.32. The van der Waals surface area contributed by atoms with E-state index in [-0.39, 0.29) is 12.2 Å². The predicted octanol–water partition coefficient (Wildman–Crippen LogP) is 1.01. The fourth-order valence-electron chi connectivity index (χ4n) is 2.47. The Morgan fingerprint density at radius 3 is 2.74 bits per heavy atom. The summed E-state index contributed by atoms with van der Waals surface area (Å²) < 4.78 is 1.48. The molecule has 0 bridgehead atoms. The summed E-state index contributed by atoms with van der Waals surface area (Å²) in [6.45, 7) is 6.89. The molecular weight excluding hydrogens is 294 g/mol. The number of fused-ring (bicyclic) bond motifs is 1. The molecule has 1 N–H and O–H groups in total. The van der Waals surface area contributed by atoms with Gasteiger partial charge in [0.05, 0.1) is 0 Å². The fraction of sp³-hybridized carbons (Fsp3) is 0.250. The zero-order valence-corrected chi connectivity index (χ0v) is 12.8. The quantitative estimate of drug-likeness (QED) is 0.853. The van der Waals surface area contributed by atoms with E-state index < -0.39 is 11.5 Å². The molecule has 7 nitrogen and oxygen atoms in total. The van der Waals surface area contributed by atoms with Crippen molar-refractivity contribution in [2.24, 2.45) is 0 Å². The second kappa shape index (κ2) is 6.04. The van der Waals surface area contributed by atoms with Gasteiger partial charge in [0.2, 0.25) is 11.6 Å². The highest BCUT2D eigenvalue weighted by molar-refractivity contribution is 5.91. The number of carbonyl (C=O) groups excluding carboxylic acids is 1. The molecule has 0 saturated carbocycles. The van der Waals surface area contributed by atoms with Crippen LogP contribution in [0.15, 0.2) is 41.7 Å². The van der Waals surface area contributed by atoms with Gasteiger partial charge in [-0.2, -0.15) is 0 Å². The number of carbonyl (C=O) groups is 1. The van der Waals surface area contributed by atoms with Gasteiger partial charge in [-0.1, -0.05) is 23.8 Å². The van der Waals surface area contributed by atoms with Crippen molar-refractivity contribution >= 4 is 17.5 Å². The monoisotopic (exact) mass is 311 g/mol. The highest BCUT2D eigenvalue weighted by Crippen LogP contribution is 2.26. The maximum absolute atomic E-state index is 12.4. The number of nitrogens with one attached hydrogen (secondary N) is 1. The van der Waals surface area contributed by atoms with Gasteiger partial charge >= 0.3 is 0 Å². The Labute approximate surface area is 133 Å². The third-order valence-corrected chi connectivity index (χ3v) is 3.68. The number of rotatable bonds is 4. The Bertz CT molecular complexity index is 810. The van der Waals surface area contributed by atoms with Crippen molar-refractivity contribution in [1.82, 2.24) is 20.1 Å². The summed E-state index contributed by atoms with van der Waals surface area (Å²) in [4.78, 5) is 26.3. The first-order chi connectivity index (χ1) is 11.1. The van der Waals surface area contributed by atoms with Crippen molar-refractivity contribution in [1.29, 1.82) is 0 Å². The lowest BCUT2D eigenvalue weighted by molar-refractivity contribution is 0.0949. The Morgan fingerprint density at radius 1 is 1.30 bits per heavy atom.